The minimum atomic E-state index is 0.301. The largest absolute Gasteiger partial charge is 0.296 e. The first kappa shape index (κ1) is 11.9. The van der Waals surface area contributed by atoms with E-state index < -0.39 is 0 Å². The molecular weight excluding hydrogens is 265 g/mol. The van der Waals surface area contributed by atoms with Crippen molar-refractivity contribution in [2.24, 2.45) is 0 Å². The molecule has 0 saturated carbocycles. The van der Waals surface area contributed by atoms with Crippen LogP contribution in [0.3, 0.4) is 0 Å². The molecule has 0 atom stereocenters. The molecule has 2 heterocycles. The third-order valence-corrected chi connectivity index (χ3v) is 3.69. The maximum Gasteiger partial charge on any atom is 0.225 e. The Bertz CT molecular complexity index is 490. The van der Waals surface area contributed by atoms with Crippen molar-refractivity contribution in [1.29, 1.82) is 0 Å². The molecular formula is C10H11Cl2N3S. The van der Waals surface area contributed by atoms with Crippen molar-refractivity contribution in [3.05, 3.63) is 32.5 Å². The van der Waals surface area contributed by atoms with Crippen LogP contribution in [0.25, 0.3) is 0 Å². The molecule has 0 aliphatic carbocycles. The second-order valence-corrected chi connectivity index (χ2v) is 5.91. The smallest absolute Gasteiger partial charge is 0.225 e. The van der Waals surface area contributed by atoms with E-state index in [0.717, 1.165) is 15.0 Å². The second-order valence-electron chi connectivity index (χ2n) is 3.77. The Kier molecular flexibility index (Phi) is 3.52. The summed E-state index contributed by atoms with van der Waals surface area (Å²) in [6.45, 7) is 4.81. The van der Waals surface area contributed by atoms with Gasteiger partial charge >= 0.3 is 0 Å². The van der Waals surface area contributed by atoms with Crippen molar-refractivity contribution in [3.8, 4) is 0 Å². The zero-order valence-electron chi connectivity index (χ0n) is 8.94. The van der Waals surface area contributed by atoms with Gasteiger partial charge in [0.15, 0.2) is 0 Å². The van der Waals surface area contributed by atoms with Crippen molar-refractivity contribution in [2.45, 2.75) is 26.3 Å². The minimum Gasteiger partial charge on any atom is -0.296 e. The Morgan fingerprint density at radius 1 is 1.31 bits per heavy atom. The number of rotatable bonds is 3. The molecule has 6 heteroatoms. The minimum absolute atomic E-state index is 0.301. The average Bonchev–Trinajstić information content (AvgIpc) is 2.76. The van der Waals surface area contributed by atoms with Crippen molar-refractivity contribution in [2.75, 3.05) is 0 Å². The van der Waals surface area contributed by atoms with Crippen LogP contribution in [-0.2, 0) is 6.54 Å². The van der Waals surface area contributed by atoms with Gasteiger partial charge in [-0.1, -0.05) is 25.4 Å². The molecule has 0 saturated heterocycles. The van der Waals surface area contributed by atoms with Crippen molar-refractivity contribution in [3.63, 3.8) is 0 Å². The highest BCUT2D eigenvalue weighted by molar-refractivity contribution is 7.16. The van der Waals surface area contributed by atoms with Gasteiger partial charge in [0.05, 0.1) is 10.9 Å². The Morgan fingerprint density at radius 3 is 2.62 bits per heavy atom. The van der Waals surface area contributed by atoms with Crippen LogP contribution in [-0.4, -0.2) is 14.8 Å². The fourth-order valence-electron chi connectivity index (χ4n) is 1.46. The highest BCUT2D eigenvalue weighted by Crippen LogP contribution is 2.25. The summed E-state index contributed by atoms with van der Waals surface area (Å²) in [7, 11) is 0. The predicted molar refractivity (Wildman–Crippen MR) is 67.6 cm³/mol. The van der Waals surface area contributed by atoms with Gasteiger partial charge in [0.25, 0.3) is 0 Å². The maximum absolute atomic E-state index is 6.01. The first-order valence-corrected chi connectivity index (χ1v) is 6.48. The number of hydrogen-bond donors (Lipinski definition) is 0. The Balaban J connectivity index is 2.30. The lowest BCUT2D eigenvalue weighted by Crippen LogP contribution is -2.05. The molecule has 0 aromatic carbocycles. The molecule has 3 nitrogen and oxygen atoms in total. The van der Waals surface area contributed by atoms with Crippen LogP contribution >= 0.6 is 34.5 Å². The summed E-state index contributed by atoms with van der Waals surface area (Å²) in [6, 6.07) is 3.88. The van der Waals surface area contributed by atoms with Gasteiger partial charge in [0, 0.05) is 10.8 Å². The van der Waals surface area contributed by atoms with E-state index in [9.17, 15) is 0 Å². The Labute approximate surface area is 108 Å². The quantitative estimate of drug-likeness (QED) is 0.853. The van der Waals surface area contributed by atoms with E-state index in [0.29, 0.717) is 17.7 Å². The normalized spacial score (nSPS) is 11.3. The summed E-state index contributed by atoms with van der Waals surface area (Å²) >= 11 is 13.4. The first-order chi connectivity index (χ1) is 7.58. The molecule has 0 aliphatic rings. The maximum atomic E-state index is 6.01. The van der Waals surface area contributed by atoms with Crippen LogP contribution in [0.2, 0.25) is 9.62 Å². The van der Waals surface area contributed by atoms with Gasteiger partial charge in [-0.2, -0.15) is 0 Å². The molecule has 0 spiro atoms. The van der Waals surface area contributed by atoms with Crippen LogP contribution in [0, 0.1) is 0 Å². The molecule has 0 amide bonds. The summed E-state index contributed by atoms with van der Waals surface area (Å²) in [5.41, 5.74) is 0. The summed E-state index contributed by atoms with van der Waals surface area (Å²) in [4.78, 5) is 1.15. The molecule has 0 unspecified atom stereocenters. The zero-order chi connectivity index (χ0) is 11.7. The number of nitrogens with zero attached hydrogens (tertiary/aromatic N) is 3. The van der Waals surface area contributed by atoms with E-state index in [4.69, 9.17) is 23.2 Å². The molecule has 2 aromatic heterocycles. The monoisotopic (exact) mass is 275 g/mol. The molecule has 86 valence electrons. The van der Waals surface area contributed by atoms with Crippen molar-refractivity contribution < 1.29 is 0 Å². The van der Waals surface area contributed by atoms with E-state index in [1.807, 2.05) is 16.7 Å². The van der Waals surface area contributed by atoms with Crippen LogP contribution in [0.5, 0.6) is 0 Å². The Morgan fingerprint density at radius 2 is 2.06 bits per heavy atom. The van der Waals surface area contributed by atoms with Gasteiger partial charge in [0.2, 0.25) is 5.28 Å². The number of thiophene rings is 1. The lowest BCUT2D eigenvalue weighted by Gasteiger charge is -2.08. The van der Waals surface area contributed by atoms with Gasteiger partial charge in [-0.3, -0.25) is 4.57 Å². The standard InChI is InChI=1S/C10H11Cl2N3S/c1-6(2)9-13-14-10(12)15(9)5-7-3-4-8(11)16-7/h3-4,6H,5H2,1-2H3. The molecule has 0 bridgehead atoms. The van der Waals surface area contributed by atoms with Crippen LogP contribution in [0.15, 0.2) is 12.1 Å². The highest BCUT2D eigenvalue weighted by Gasteiger charge is 2.14. The third-order valence-electron chi connectivity index (χ3n) is 2.19. The predicted octanol–water partition coefficient (Wildman–Crippen LogP) is 3.82. The fourth-order valence-corrected chi connectivity index (χ4v) is 2.72. The van der Waals surface area contributed by atoms with Gasteiger partial charge in [-0.25, -0.2) is 0 Å². The van der Waals surface area contributed by atoms with Crippen LogP contribution < -0.4 is 0 Å². The summed E-state index contributed by atoms with van der Waals surface area (Å²) < 4.78 is 2.69. The molecule has 0 N–H and O–H groups in total. The number of halogens is 2. The van der Waals surface area contributed by atoms with Gasteiger partial charge in [-0.15, -0.1) is 21.5 Å². The lowest BCUT2D eigenvalue weighted by atomic mass is 10.2. The second kappa shape index (κ2) is 4.73. The van der Waals surface area contributed by atoms with Crippen molar-refractivity contribution >= 4 is 34.5 Å². The van der Waals surface area contributed by atoms with Gasteiger partial charge < -0.3 is 0 Å². The number of hydrogen-bond acceptors (Lipinski definition) is 3. The van der Waals surface area contributed by atoms with Crippen LogP contribution in [0.1, 0.15) is 30.5 Å². The molecule has 0 aliphatic heterocycles. The van der Waals surface area contributed by atoms with E-state index in [1.165, 1.54) is 0 Å². The van der Waals surface area contributed by atoms with E-state index in [1.54, 1.807) is 11.3 Å². The molecule has 2 aromatic rings. The SMILES string of the molecule is CC(C)c1nnc(Cl)n1Cc1ccc(Cl)s1. The average molecular weight is 276 g/mol. The van der Waals surface area contributed by atoms with Crippen molar-refractivity contribution in [1.82, 2.24) is 14.8 Å². The zero-order valence-corrected chi connectivity index (χ0v) is 11.3. The lowest BCUT2D eigenvalue weighted by molar-refractivity contribution is 0.674. The molecule has 16 heavy (non-hydrogen) atoms. The number of aromatic nitrogens is 3. The summed E-state index contributed by atoms with van der Waals surface area (Å²) in [5.74, 6) is 1.20. The molecule has 0 radical (unpaired) electrons. The summed E-state index contributed by atoms with van der Waals surface area (Å²) in [6.07, 6.45) is 0. The molecule has 0 fully saturated rings. The topological polar surface area (TPSA) is 30.7 Å². The van der Waals surface area contributed by atoms with E-state index in [2.05, 4.69) is 24.0 Å². The third kappa shape index (κ3) is 2.39. The van der Waals surface area contributed by atoms with Crippen LogP contribution in [0.4, 0.5) is 0 Å². The fraction of sp³-hybridized carbons (Fsp3) is 0.400. The van der Waals surface area contributed by atoms with E-state index >= 15 is 0 Å². The first-order valence-electron chi connectivity index (χ1n) is 4.90. The van der Waals surface area contributed by atoms with E-state index in [-0.39, 0.29) is 0 Å². The van der Waals surface area contributed by atoms with Gasteiger partial charge in [0.1, 0.15) is 5.82 Å². The summed E-state index contributed by atoms with van der Waals surface area (Å²) in [5, 5.41) is 8.39. The van der Waals surface area contributed by atoms with Gasteiger partial charge in [-0.05, 0) is 23.7 Å². The highest BCUT2D eigenvalue weighted by atomic mass is 35.5. The molecule has 2 rings (SSSR count). The Hall–Kier alpha value is -0.580.